The molecule has 21 heavy (non-hydrogen) atoms. The van der Waals surface area contributed by atoms with Gasteiger partial charge in [0.05, 0.1) is 17.6 Å². The summed E-state index contributed by atoms with van der Waals surface area (Å²) in [6.45, 7) is 4.49. The van der Waals surface area contributed by atoms with Gasteiger partial charge in [0, 0.05) is 24.7 Å². The molecule has 1 saturated heterocycles. The third kappa shape index (κ3) is 3.40. The Morgan fingerprint density at radius 3 is 3.00 bits per heavy atom. The normalized spacial score (nSPS) is 19.2. The zero-order chi connectivity index (χ0) is 15.4. The zero-order valence-corrected chi connectivity index (χ0v) is 12.3. The number of likely N-dealkylation sites (tertiary alicyclic amines) is 1. The van der Waals surface area contributed by atoms with Crippen molar-refractivity contribution in [2.24, 2.45) is 5.92 Å². The number of rotatable bonds is 4. The summed E-state index contributed by atoms with van der Waals surface area (Å²) in [5.41, 5.74) is 1.09. The van der Waals surface area contributed by atoms with E-state index in [0.717, 1.165) is 6.42 Å². The predicted octanol–water partition coefficient (Wildman–Crippen LogP) is 2.14. The Kier molecular flexibility index (Phi) is 4.59. The van der Waals surface area contributed by atoms with E-state index >= 15 is 0 Å². The van der Waals surface area contributed by atoms with Gasteiger partial charge in [-0.1, -0.05) is 13.0 Å². The average molecular weight is 285 g/mol. The zero-order valence-electron chi connectivity index (χ0n) is 12.3. The first-order valence-electron chi connectivity index (χ1n) is 7.15. The summed E-state index contributed by atoms with van der Waals surface area (Å²) in [5, 5.41) is 11.6. The van der Waals surface area contributed by atoms with Crippen molar-refractivity contribution in [2.45, 2.75) is 32.7 Å². The minimum Gasteiger partial charge on any atom is -0.339 e. The highest BCUT2D eigenvalue weighted by molar-refractivity contribution is 5.97. The van der Waals surface area contributed by atoms with E-state index in [4.69, 9.17) is 5.26 Å². The number of carbonyl (C=O) groups is 2. The van der Waals surface area contributed by atoms with Gasteiger partial charge in [0.25, 0.3) is 0 Å². The Bertz CT molecular complexity index is 591. The van der Waals surface area contributed by atoms with Gasteiger partial charge in [0.1, 0.15) is 0 Å². The molecular formula is C16H19N3O2. The summed E-state index contributed by atoms with van der Waals surface area (Å²) in [6.07, 6.45) is 1.14. The highest BCUT2D eigenvalue weighted by atomic mass is 16.2. The van der Waals surface area contributed by atoms with Crippen molar-refractivity contribution >= 4 is 17.5 Å². The number of carbonyl (C=O) groups excluding carboxylic acids is 2. The second-order valence-corrected chi connectivity index (χ2v) is 5.39. The summed E-state index contributed by atoms with van der Waals surface area (Å²) in [6, 6.07) is 8.96. The molecule has 2 rings (SSSR count). The number of benzene rings is 1. The highest BCUT2D eigenvalue weighted by Crippen LogP contribution is 2.23. The second-order valence-electron chi connectivity index (χ2n) is 5.39. The van der Waals surface area contributed by atoms with Crippen molar-refractivity contribution in [3.05, 3.63) is 29.8 Å². The third-order valence-electron chi connectivity index (χ3n) is 3.91. The lowest BCUT2D eigenvalue weighted by Crippen LogP contribution is -2.35. The average Bonchev–Trinajstić information content (AvgIpc) is 2.88. The molecule has 0 aromatic heterocycles. The molecule has 2 unspecified atom stereocenters. The summed E-state index contributed by atoms with van der Waals surface area (Å²) < 4.78 is 0. The van der Waals surface area contributed by atoms with Crippen LogP contribution in [0.3, 0.4) is 0 Å². The van der Waals surface area contributed by atoms with Crippen molar-refractivity contribution < 1.29 is 9.59 Å². The quantitative estimate of drug-likeness (QED) is 0.921. The standard InChI is InChI=1S/C16H19N3O2/c1-3-11(2)19-10-13(8-15(19)20)16(21)18-14-6-4-5-12(7-14)9-17/h4-7,11,13H,3,8,10H2,1-2H3,(H,18,21). The van der Waals surface area contributed by atoms with Crippen LogP contribution in [0.15, 0.2) is 24.3 Å². The number of anilines is 1. The summed E-state index contributed by atoms with van der Waals surface area (Å²) in [4.78, 5) is 26.0. The molecule has 2 amide bonds. The Labute approximate surface area is 124 Å². The molecule has 1 fully saturated rings. The molecule has 1 heterocycles. The van der Waals surface area contributed by atoms with Crippen molar-refractivity contribution in [3.8, 4) is 6.07 Å². The molecule has 5 nitrogen and oxygen atoms in total. The van der Waals surface area contributed by atoms with Crippen LogP contribution in [0.2, 0.25) is 0 Å². The maximum absolute atomic E-state index is 12.2. The van der Waals surface area contributed by atoms with E-state index < -0.39 is 0 Å². The summed E-state index contributed by atoms with van der Waals surface area (Å²) >= 11 is 0. The molecule has 1 aliphatic rings. The fourth-order valence-electron chi connectivity index (χ4n) is 2.46. The van der Waals surface area contributed by atoms with Gasteiger partial charge in [-0.3, -0.25) is 9.59 Å². The Morgan fingerprint density at radius 2 is 2.33 bits per heavy atom. The first-order chi connectivity index (χ1) is 10.0. The number of nitrogens with zero attached hydrogens (tertiary/aromatic N) is 2. The molecule has 1 N–H and O–H groups in total. The lowest BCUT2D eigenvalue weighted by atomic mass is 10.1. The molecule has 0 aliphatic carbocycles. The number of nitrogens with one attached hydrogen (secondary N) is 1. The van der Waals surface area contributed by atoms with Crippen molar-refractivity contribution in [2.75, 3.05) is 11.9 Å². The topological polar surface area (TPSA) is 73.2 Å². The van der Waals surface area contributed by atoms with Crippen LogP contribution >= 0.6 is 0 Å². The van der Waals surface area contributed by atoms with E-state index in [2.05, 4.69) is 5.32 Å². The number of nitriles is 1. The maximum atomic E-state index is 12.2. The number of hydrogen-bond acceptors (Lipinski definition) is 3. The molecule has 0 spiro atoms. The van der Waals surface area contributed by atoms with E-state index in [9.17, 15) is 9.59 Å². The predicted molar refractivity (Wildman–Crippen MR) is 79.4 cm³/mol. The van der Waals surface area contributed by atoms with E-state index in [1.54, 1.807) is 29.2 Å². The van der Waals surface area contributed by atoms with Gasteiger partial charge < -0.3 is 10.2 Å². The van der Waals surface area contributed by atoms with Gasteiger partial charge in [0.15, 0.2) is 0 Å². The number of amides is 2. The van der Waals surface area contributed by atoms with Crippen LogP contribution in [0.25, 0.3) is 0 Å². The second kappa shape index (κ2) is 6.40. The minimum atomic E-state index is -0.322. The maximum Gasteiger partial charge on any atom is 0.229 e. The van der Waals surface area contributed by atoms with Gasteiger partial charge in [-0.2, -0.15) is 5.26 Å². The van der Waals surface area contributed by atoms with Crippen LogP contribution in [-0.4, -0.2) is 29.3 Å². The smallest absolute Gasteiger partial charge is 0.229 e. The fraction of sp³-hybridized carbons (Fsp3) is 0.438. The molecule has 2 atom stereocenters. The van der Waals surface area contributed by atoms with Gasteiger partial charge in [-0.25, -0.2) is 0 Å². The molecule has 0 saturated carbocycles. The van der Waals surface area contributed by atoms with Crippen molar-refractivity contribution in [1.29, 1.82) is 5.26 Å². The van der Waals surface area contributed by atoms with Gasteiger partial charge in [0.2, 0.25) is 11.8 Å². The van der Waals surface area contributed by atoms with Crippen molar-refractivity contribution in [3.63, 3.8) is 0 Å². The van der Waals surface area contributed by atoms with Crippen LogP contribution in [-0.2, 0) is 9.59 Å². The number of hydrogen-bond donors (Lipinski definition) is 1. The van der Waals surface area contributed by atoms with Crippen LogP contribution in [0.1, 0.15) is 32.3 Å². The molecule has 5 heteroatoms. The first kappa shape index (κ1) is 15.0. The first-order valence-corrected chi connectivity index (χ1v) is 7.15. The largest absolute Gasteiger partial charge is 0.339 e. The third-order valence-corrected chi connectivity index (χ3v) is 3.91. The molecule has 0 bridgehead atoms. The molecule has 110 valence electrons. The Hall–Kier alpha value is -2.35. The van der Waals surface area contributed by atoms with E-state index in [1.165, 1.54) is 0 Å². The summed E-state index contributed by atoms with van der Waals surface area (Å²) in [7, 11) is 0. The van der Waals surface area contributed by atoms with Crippen molar-refractivity contribution in [1.82, 2.24) is 4.90 Å². The van der Waals surface area contributed by atoms with Crippen LogP contribution in [0.5, 0.6) is 0 Å². The van der Waals surface area contributed by atoms with E-state index in [1.807, 2.05) is 19.9 Å². The SMILES string of the molecule is CCC(C)N1CC(C(=O)Nc2cccc(C#N)c2)CC1=O. The minimum absolute atomic E-state index is 0.0373. The molecule has 1 aromatic carbocycles. The molecule has 0 radical (unpaired) electrons. The van der Waals surface area contributed by atoms with E-state index in [0.29, 0.717) is 17.8 Å². The molecular weight excluding hydrogens is 266 g/mol. The fourth-order valence-corrected chi connectivity index (χ4v) is 2.46. The van der Waals surface area contributed by atoms with Crippen LogP contribution < -0.4 is 5.32 Å². The lowest BCUT2D eigenvalue weighted by molar-refractivity contribution is -0.129. The van der Waals surface area contributed by atoms with Gasteiger partial charge in [-0.15, -0.1) is 0 Å². The lowest BCUT2D eigenvalue weighted by Gasteiger charge is -2.23. The monoisotopic (exact) mass is 285 g/mol. The highest BCUT2D eigenvalue weighted by Gasteiger charge is 2.36. The molecule has 1 aliphatic heterocycles. The molecule has 1 aromatic rings. The van der Waals surface area contributed by atoms with E-state index in [-0.39, 0.29) is 30.2 Å². The van der Waals surface area contributed by atoms with Gasteiger partial charge in [-0.05, 0) is 31.5 Å². The van der Waals surface area contributed by atoms with Crippen LogP contribution in [0.4, 0.5) is 5.69 Å². The Balaban J connectivity index is 2.01. The van der Waals surface area contributed by atoms with Crippen LogP contribution in [0, 0.1) is 17.2 Å². The summed E-state index contributed by atoms with van der Waals surface area (Å²) in [5.74, 6) is -0.447. The Morgan fingerprint density at radius 1 is 1.57 bits per heavy atom. The van der Waals surface area contributed by atoms with Gasteiger partial charge >= 0.3 is 0 Å².